The van der Waals surface area contributed by atoms with E-state index in [4.69, 9.17) is 19.7 Å². The number of hydrogen-bond acceptors (Lipinski definition) is 9. The highest BCUT2D eigenvalue weighted by molar-refractivity contribution is 5.90. The Labute approximate surface area is 256 Å². The molecule has 44 heavy (non-hydrogen) atoms. The first-order valence-electron chi connectivity index (χ1n) is 15.7. The van der Waals surface area contributed by atoms with Crippen LogP contribution in [0.4, 0.5) is 10.2 Å². The molecule has 0 spiro atoms. The fraction of sp³-hybridized carbons (Fsp3) is 0.515. The number of ether oxygens (including phenoxy) is 1. The second-order valence-corrected chi connectivity index (χ2v) is 12.5. The number of amides is 1. The van der Waals surface area contributed by atoms with Gasteiger partial charge in [-0.2, -0.15) is 15.2 Å². The van der Waals surface area contributed by atoms with E-state index in [0.29, 0.717) is 50.7 Å². The van der Waals surface area contributed by atoms with E-state index in [9.17, 15) is 14.4 Å². The lowest BCUT2D eigenvalue weighted by Gasteiger charge is -2.41. The molecule has 3 aromatic heterocycles. The third-order valence-electron chi connectivity index (χ3n) is 9.86. The molecule has 0 N–H and O–H groups in total. The van der Waals surface area contributed by atoms with Crippen LogP contribution in [0.5, 0.6) is 6.01 Å². The van der Waals surface area contributed by atoms with Gasteiger partial charge in [0.05, 0.1) is 35.2 Å². The lowest BCUT2D eigenvalue weighted by atomic mass is 9.89. The van der Waals surface area contributed by atoms with Gasteiger partial charge in [0, 0.05) is 50.6 Å². The molecule has 3 aromatic rings. The van der Waals surface area contributed by atoms with Gasteiger partial charge in [0.2, 0.25) is 5.91 Å². The zero-order valence-electron chi connectivity index (χ0n) is 24.9. The second kappa shape index (κ2) is 11.7. The van der Waals surface area contributed by atoms with E-state index in [1.807, 2.05) is 24.5 Å². The van der Waals surface area contributed by atoms with Crippen LogP contribution in [-0.2, 0) is 17.6 Å². The molecule has 4 aliphatic rings. The molecule has 1 amide bonds. The molecule has 1 aliphatic carbocycles. The van der Waals surface area contributed by atoms with Crippen LogP contribution in [0, 0.1) is 11.3 Å². The van der Waals surface area contributed by atoms with Crippen LogP contribution in [0.15, 0.2) is 37.2 Å². The Balaban J connectivity index is 1.27. The summed E-state index contributed by atoms with van der Waals surface area (Å²) in [6.07, 6.45) is 11.2. The van der Waals surface area contributed by atoms with E-state index in [-0.39, 0.29) is 29.9 Å². The highest BCUT2D eigenvalue weighted by Gasteiger charge is 2.49. The summed E-state index contributed by atoms with van der Waals surface area (Å²) in [5, 5.41) is 10.3. The topological polar surface area (TPSA) is 111 Å². The van der Waals surface area contributed by atoms with Crippen molar-refractivity contribution in [3.63, 3.8) is 0 Å². The normalized spacial score (nSPS) is 25.0. The van der Waals surface area contributed by atoms with Crippen molar-refractivity contribution in [3.8, 4) is 23.3 Å². The van der Waals surface area contributed by atoms with E-state index in [1.54, 1.807) is 4.90 Å². The van der Waals surface area contributed by atoms with Crippen LogP contribution < -0.4 is 9.64 Å². The van der Waals surface area contributed by atoms with E-state index >= 15 is 0 Å². The highest BCUT2D eigenvalue weighted by atomic mass is 19.1. The van der Waals surface area contributed by atoms with Gasteiger partial charge in [0.1, 0.15) is 18.6 Å². The Kier molecular flexibility index (Phi) is 7.62. The fourth-order valence-electron chi connectivity index (χ4n) is 7.69. The van der Waals surface area contributed by atoms with Gasteiger partial charge in [0.25, 0.3) is 0 Å². The van der Waals surface area contributed by atoms with Gasteiger partial charge in [-0.1, -0.05) is 6.58 Å². The Hall–Kier alpha value is -4.17. The molecule has 0 saturated carbocycles. The molecule has 0 radical (unpaired) electrons. The number of pyridine rings is 2. The predicted octanol–water partition coefficient (Wildman–Crippen LogP) is 4.04. The van der Waals surface area contributed by atoms with E-state index in [1.165, 1.54) is 23.6 Å². The van der Waals surface area contributed by atoms with Crippen LogP contribution in [0.3, 0.4) is 0 Å². The van der Waals surface area contributed by atoms with Crippen LogP contribution >= 0.6 is 0 Å². The summed E-state index contributed by atoms with van der Waals surface area (Å²) in [6.45, 7) is 6.65. The lowest BCUT2D eigenvalue weighted by molar-refractivity contribution is -0.128. The molecular weight excluding hydrogens is 559 g/mol. The van der Waals surface area contributed by atoms with E-state index in [2.05, 4.69) is 27.4 Å². The van der Waals surface area contributed by atoms with Crippen molar-refractivity contribution in [1.29, 1.82) is 5.26 Å². The third-order valence-corrected chi connectivity index (χ3v) is 9.86. The summed E-state index contributed by atoms with van der Waals surface area (Å²) >= 11 is 0. The monoisotopic (exact) mass is 596 g/mol. The van der Waals surface area contributed by atoms with E-state index < -0.39 is 6.17 Å². The van der Waals surface area contributed by atoms with Gasteiger partial charge in [0.15, 0.2) is 5.65 Å². The number of aryl methyl sites for hydroxylation is 1. The van der Waals surface area contributed by atoms with Gasteiger partial charge >= 0.3 is 6.01 Å². The van der Waals surface area contributed by atoms with Crippen molar-refractivity contribution in [1.82, 2.24) is 29.7 Å². The summed E-state index contributed by atoms with van der Waals surface area (Å²) in [5.41, 5.74) is 4.58. The Morgan fingerprint density at radius 2 is 2.02 bits per heavy atom. The maximum atomic E-state index is 14.5. The maximum absolute atomic E-state index is 14.5. The summed E-state index contributed by atoms with van der Waals surface area (Å²) in [7, 11) is 0. The lowest BCUT2D eigenvalue weighted by Crippen LogP contribution is -2.55. The summed E-state index contributed by atoms with van der Waals surface area (Å²) in [6, 6.07) is 6.12. The first-order chi connectivity index (χ1) is 21.5. The Bertz CT molecular complexity index is 1640. The number of carbonyl (C=O) groups excluding carboxylic acids is 1. The van der Waals surface area contributed by atoms with Gasteiger partial charge < -0.3 is 14.5 Å². The zero-order chi connectivity index (χ0) is 30.3. The number of piperazine rings is 1. The molecule has 0 aromatic carbocycles. The standard InChI is InChI=1S/C33H37FN8O2/c1-2-29(43)42-15-14-40(20-24(42)10-12-35)31-26-8-9-28(27-18-36-17-22-6-3-4-7-25(22)27)37-30(26)38-32(39-31)44-21-33-11-5-13-41(33)19-23(34)16-33/h2,8-9,17-18,23-24H,1,3-7,10-11,13-16,19-21H2/t23-,24+,33+/m1/s1. The van der Waals surface area contributed by atoms with Crippen LogP contribution in [0.1, 0.15) is 49.7 Å². The van der Waals surface area contributed by atoms with Crippen LogP contribution in [0.2, 0.25) is 0 Å². The molecule has 3 atom stereocenters. The van der Waals surface area contributed by atoms with Crippen LogP contribution in [0.25, 0.3) is 22.3 Å². The number of rotatable bonds is 7. The molecule has 3 aliphatic heterocycles. The zero-order valence-corrected chi connectivity index (χ0v) is 24.9. The van der Waals surface area contributed by atoms with Gasteiger partial charge in [-0.15, -0.1) is 0 Å². The first kappa shape index (κ1) is 28.6. The minimum Gasteiger partial charge on any atom is -0.461 e. The molecule has 7 rings (SSSR count). The van der Waals surface area contributed by atoms with Gasteiger partial charge in [-0.05, 0) is 74.4 Å². The number of nitriles is 1. The number of aromatic nitrogens is 4. The maximum Gasteiger partial charge on any atom is 0.320 e. The van der Waals surface area contributed by atoms with Crippen LogP contribution in [-0.4, -0.2) is 92.7 Å². The third kappa shape index (κ3) is 5.15. The second-order valence-electron chi connectivity index (χ2n) is 12.5. The van der Waals surface area contributed by atoms with Crippen molar-refractivity contribution in [3.05, 3.63) is 48.3 Å². The van der Waals surface area contributed by atoms with Crippen molar-refractivity contribution in [2.75, 3.05) is 44.2 Å². The average Bonchev–Trinajstić information content (AvgIpc) is 3.58. The number of hydrogen-bond donors (Lipinski definition) is 0. The molecule has 228 valence electrons. The number of halogens is 1. The SMILES string of the molecule is C=CC(=O)N1CCN(c2nc(OC[C@@]34CCCN3C[C@H](F)C4)nc3nc(-c4cncc5c4CCCC5)ccc23)C[C@@H]1CC#N. The number of anilines is 1. The molecule has 3 fully saturated rings. The number of alkyl halides is 1. The Morgan fingerprint density at radius 1 is 1.14 bits per heavy atom. The molecule has 0 bridgehead atoms. The highest BCUT2D eigenvalue weighted by Crippen LogP contribution is 2.41. The molecule has 11 heteroatoms. The number of fused-ring (bicyclic) bond motifs is 3. The van der Waals surface area contributed by atoms with Gasteiger partial charge in [-0.3, -0.25) is 14.7 Å². The summed E-state index contributed by atoms with van der Waals surface area (Å²) in [5.74, 6) is 0.470. The Morgan fingerprint density at radius 3 is 2.89 bits per heavy atom. The minimum atomic E-state index is -0.853. The van der Waals surface area contributed by atoms with Crippen molar-refractivity contribution in [2.45, 2.75) is 69.1 Å². The smallest absolute Gasteiger partial charge is 0.320 e. The average molecular weight is 597 g/mol. The fourth-order valence-corrected chi connectivity index (χ4v) is 7.69. The molecule has 0 unspecified atom stereocenters. The van der Waals surface area contributed by atoms with E-state index in [0.717, 1.165) is 55.3 Å². The number of carbonyl (C=O) groups is 1. The molecular formula is C33H37FN8O2. The molecule has 3 saturated heterocycles. The molecule has 10 nitrogen and oxygen atoms in total. The largest absolute Gasteiger partial charge is 0.461 e. The first-order valence-corrected chi connectivity index (χ1v) is 15.7. The molecule has 6 heterocycles. The quantitative estimate of drug-likeness (QED) is 0.373. The van der Waals surface area contributed by atoms with Crippen molar-refractivity contribution in [2.24, 2.45) is 0 Å². The van der Waals surface area contributed by atoms with Gasteiger partial charge in [-0.25, -0.2) is 9.37 Å². The predicted molar refractivity (Wildman–Crippen MR) is 164 cm³/mol. The van der Waals surface area contributed by atoms with Crippen molar-refractivity contribution < 1.29 is 13.9 Å². The minimum absolute atomic E-state index is 0.185. The number of nitrogens with zero attached hydrogens (tertiary/aromatic N) is 8. The van der Waals surface area contributed by atoms with Crippen molar-refractivity contribution >= 4 is 22.8 Å². The summed E-state index contributed by atoms with van der Waals surface area (Å²) < 4.78 is 20.8. The summed E-state index contributed by atoms with van der Waals surface area (Å²) in [4.78, 5) is 37.8.